The molecule has 1 saturated heterocycles. The molecule has 0 aliphatic carbocycles. The van der Waals surface area contributed by atoms with Crippen LogP contribution in [0.4, 0.5) is 4.39 Å². The molecule has 6 nitrogen and oxygen atoms in total. The molecule has 0 bridgehead atoms. The summed E-state index contributed by atoms with van der Waals surface area (Å²) >= 11 is 0. The molecule has 7 heteroatoms. The highest BCUT2D eigenvalue weighted by Crippen LogP contribution is 2.29. The number of hydrogen-bond donors (Lipinski definition) is 0. The van der Waals surface area contributed by atoms with Gasteiger partial charge >= 0.3 is 0 Å². The van der Waals surface area contributed by atoms with Crippen molar-refractivity contribution in [2.24, 2.45) is 0 Å². The SMILES string of the molecule is O=c1c2cc(Cc3ccnc(-c4cccnc4F)c3)c3ccccc3c2ncn1C1CCOCC1. The van der Waals surface area contributed by atoms with Crippen molar-refractivity contribution in [3.8, 4) is 11.3 Å². The minimum Gasteiger partial charge on any atom is -0.381 e. The third kappa shape index (κ3) is 3.98. The minimum atomic E-state index is -0.548. The highest BCUT2D eigenvalue weighted by molar-refractivity contribution is 6.06. The Kier molecular flexibility index (Phi) is 5.54. The predicted octanol–water partition coefficient (Wildman–Crippen LogP) is 5.09. The Hall–Kier alpha value is -3.97. The summed E-state index contributed by atoms with van der Waals surface area (Å²) in [6, 6.07) is 17.2. The zero-order valence-corrected chi connectivity index (χ0v) is 19.0. The third-order valence-electron chi connectivity index (χ3n) is 6.72. The fraction of sp³-hybridized carbons (Fsp3) is 0.214. The monoisotopic (exact) mass is 466 g/mol. The Morgan fingerprint density at radius 1 is 0.914 bits per heavy atom. The number of nitrogens with zero attached hydrogens (tertiary/aromatic N) is 4. The van der Waals surface area contributed by atoms with E-state index in [1.807, 2.05) is 36.4 Å². The molecule has 0 spiro atoms. The molecule has 2 aromatic carbocycles. The third-order valence-corrected chi connectivity index (χ3v) is 6.72. The first-order chi connectivity index (χ1) is 17.2. The number of fused-ring (bicyclic) bond motifs is 3. The van der Waals surface area contributed by atoms with Crippen LogP contribution >= 0.6 is 0 Å². The number of pyridine rings is 2. The molecule has 0 radical (unpaired) electrons. The number of ether oxygens (including phenoxy) is 1. The van der Waals surface area contributed by atoms with Crippen LogP contribution in [0.3, 0.4) is 0 Å². The number of halogens is 1. The standard InChI is InChI=1S/C28H23FN4O2/c29-27-23(6-3-10-31-27)25-15-18(7-11-30-25)14-19-16-24-26(22-5-2-1-4-21(19)22)32-17-33(28(24)34)20-8-12-35-13-9-20/h1-7,10-11,15-17,20H,8-9,12-14H2. The van der Waals surface area contributed by atoms with Gasteiger partial charge in [-0.25, -0.2) is 9.97 Å². The van der Waals surface area contributed by atoms with E-state index >= 15 is 0 Å². The van der Waals surface area contributed by atoms with Gasteiger partial charge in [-0.3, -0.25) is 14.3 Å². The van der Waals surface area contributed by atoms with E-state index in [4.69, 9.17) is 9.72 Å². The molecule has 0 saturated carbocycles. The van der Waals surface area contributed by atoms with Gasteiger partial charge in [0.15, 0.2) is 0 Å². The smallest absolute Gasteiger partial charge is 0.261 e. The van der Waals surface area contributed by atoms with Crippen LogP contribution in [0.1, 0.15) is 30.0 Å². The van der Waals surface area contributed by atoms with E-state index in [-0.39, 0.29) is 11.6 Å². The van der Waals surface area contributed by atoms with Gasteiger partial charge in [0.25, 0.3) is 5.56 Å². The fourth-order valence-electron chi connectivity index (χ4n) is 4.95. The van der Waals surface area contributed by atoms with Gasteiger partial charge < -0.3 is 4.74 Å². The largest absolute Gasteiger partial charge is 0.381 e. The van der Waals surface area contributed by atoms with Gasteiger partial charge in [-0.2, -0.15) is 4.39 Å². The van der Waals surface area contributed by atoms with Crippen molar-refractivity contribution in [1.82, 2.24) is 19.5 Å². The molecule has 1 fully saturated rings. The number of aromatic nitrogens is 4. The lowest BCUT2D eigenvalue weighted by Crippen LogP contribution is -2.29. The average Bonchev–Trinajstić information content (AvgIpc) is 2.90. The van der Waals surface area contributed by atoms with Crippen molar-refractivity contribution in [2.75, 3.05) is 13.2 Å². The Balaban J connectivity index is 1.47. The molecule has 1 aliphatic rings. The van der Waals surface area contributed by atoms with Gasteiger partial charge in [0, 0.05) is 37.0 Å². The maximum Gasteiger partial charge on any atom is 0.261 e. The van der Waals surface area contributed by atoms with Crippen molar-refractivity contribution in [2.45, 2.75) is 25.3 Å². The Labute approximate surface area is 201 Å². The van der Waals surface area contributed by atoms with Crippen molar-refractivity contribution in [3.05, 3.63) is 101 Å². The molecule has 1 aliphatic heterocycles. The van der Waals surface area contributed by atoms with Gasteiger partial charge in [0.1, 0.15) is 0 Å². The van der Waals surface area contributed by atoms with Crippen LogP contribution in [0.15, 0.2) is 78.1 Å². The van der Waals surface area contributed by atoms with E-state index in [2.05, 4.69) is 16.0 Å². The van der Waals surface area contributed by atoms with Gasteiger partial charge in [0.05, 0.1) is 28.5 Å². The summed E-state index contributed by atoms with van der Waals surface area (Å²) in [7, 11) is 0. The molecule has 35 heavy (non-hydrogen) atoms. The van der Waals surface area contributed by atoms with E-state index in [1.165, 1.54) is 6.20 Å². The normalized spacial score (nSPS) is 14.5. The molecule has 0 unspecified atom stereocenters. The van der Waals surface area contributed by atoms with Crippen LogP contribution in [0.25, 0.3) is 32.9 Å². The average molecular weight is 467 g/mol. The first kappa shape index (κ1) is 21.6. The van der Waals surface area contributed by atoms with E-state index in [0.717, 1.165) is 34.7 Å². The summed E-state index contributed by atoms with van der Waals surface area (Å²) in [6.45, 7) is 1.31. The molecular weight excluding hydrogens is 443 g/mol. The van der Waals surface area contributed by atoms with Crippen LogP contribution in [0.2, 0.25) is 0 Å². The van der Waals surface area contributed by atoms with Crippen LogP contribution in [-0.2, 0) is 11.2 Å². The van der Waals surface area contributed by atoms with Crippen molar-refractivity contribution >= 4 is 21.7 Å². The minimum absolute atomic E-state index is 0.0262. The summed E-state index contributed by atoms with van der Waals surface area (Å²) in [6.07, 6.45) is 6.96. The molecule has 0 atom stereocenters. The summed E-state index contributed by atoms with van der Waals surface area (Å²) in [5.41, 5.74) is 3.56. The van der Waals surface area contributed by atoms with Crippen LogP contribution < -0.4 is 5.56 Å². The molecule has 0 amide bonds. The summed E-state index contributed by atoms with van der Waals surface area (Å²) in [5.74, 6) is -0.548. The molecule has 5 aromatic rings. The highest BCUT2D eigenvalue weighted by atomic mass is 19.1. The Morgan fingerprint density at radius 2 is 1.74 bits per heavy atom. The second-order valence-electron chi connectivity index (χ2n) is 8.85. The quantitative estimate of drug-likeness (QED) is 0.273. The maximum absolute atomic E-state index is 14.2. The van der Waals surface area contributed by atoms with Gasteiger partial charge in [-0.15, -0.1) is 0 Å². The Morgan fingerprint density at radius 3 is 2.57 bits per heavy atom. The zero-order valence-electron chi connectivity index (χ0n) is 19.0. The second-order valence-corrected chi connectivity index (χ2v) is 8.85. The summed E-state index contributed by atoms with van der Waals surface area (Å²) in [5, 5.41) is 2.60. The molecule has 6 rings (SSSR count). The summed E-state index contributed by atoms with van der Waals surface area (Å²) < 4.78 is 21.5. The van der Waals surface area contributed by atoms with Gasteiger partial charge in [-0.05, 0) is 66.1 Å². The topological polar surface area (TPSA) is 69.9 Å². The lowest BCUT2D eigenvalue weighted by Gasteiger charge is -2.24. The number of rotatable bonds is 4. The fourth-order valence-corrected chi connectivity index (χ4v) is 4.95. The van der Waals surface area contributed by atoms with Gasteiger partial charge in [-0.1, -0.05) is 24.3 Å². The predicted molar refractivity (Wildman–Crippen MR) is 133 cm³/mol. The van der Waals surface area contributed by atoms with Gasteiger partial charge in [0.2, 0.25) is 5.95 Å². The van der Waals surface area contributed by atoms with Crippen LogP contribution in [0.5, 0.6) is 0 Å². The van der Waals surface area contributed by atoms with E-state index in [1.54, 1.807) is 29.2 Å². The lowest BCUT2D eigenvalue weighted by atomic mass is 9.95. The van der Waals surface area contributed by atoms with Crippen LogP contribution in [-0.4, -0.2) is 32.7 Å². The Bertz CT molecular complexity index is 1610. The molecule has 0 N–H and O–H groups in total. The highest BCUT2D eigenvalue weighted by Gasteiger charge is 2.19. The number of hydrogen-bond acceptors (Lipinski definition) is 5. The summed E-state index contributed by atoms with van der Waals surface area (Å²) in [4.78, 5) is 26.4. The molecule has 174 valence electrons. The van der Waals surface area contributed by atoms with Crippen LogP contribution in [0, 0.1) is 5.95 Å². The first-order valence-corrected chi connectivity index (χ1v) is 11.7. The maximum atomic E-state index is 14.2. The van der Waals surface area contributed by atoms with E-state index in [9.17, 15) is 9.18 Å². The second kappa shape index (κ2) is 9.00. The van der Waals surface area contributed by atoms with E-state index < -0.39 is 5.95 Å². The van der Waals surface area contributed by atoms with E-state index in [0.29, 0.717) is 41.8 Å². The lowest BCUT2D eigenvalue weighted by molar-refractivity contribution is 0.0685. The van der Waals surface area contributed by atoms with Crippen molar-refractivity contribution in [3.63, 3.8) is 0 Å². The first-order valence-electron chi connectivity index (χ1n) is 11.7. The van der Waals surface area contributed by atoms with Crippen molar-refractivity contribution < 1.29 is 9.13 Å². The molecular formula is C28H23FN4O2. The molecule has 3 aromatic heterocycles. The number of benzene rings is 2. The zero-order chi connectivity index (χ0) is 23.8. The van der Waals surface area contributed by atoms with Crippen molar-refractivity contribution in [1.29, 1.82) is 0 Å². The molecule has 4 heterocycles.